The molecule has 0 aliphatic rings. The van der Waals surface area contributed by atoms with E-state index < -0.39 is 0 Å². The second kappa shape index (κ2) is 19.6. The second-order valence-electron chi connectivity index (χ2n) is 7.21. The molecular weight excluding hydrogens is 344 g/mol. The van der Waals surface area contributed by atoms with Gasteiger partial charge in [-0.05, 0) is 33.6 Å². The van der Waals surface area contributed by atoms with Crippen molar-refractivity contribution in [1.29, 1.82) is 0 Å². The van der Waals surface area contributed by atoms with Crippen molar-refractivity contribution < 1.29 is 19.1 Å². The van der Waals surface area contributed by atoms with Gasteiger partial charge in [0.05, 0.1) is 19.8 Å². The Balaban J connectivity index is 3.23. The molecule has 0 aliphatic carbocycles. The van der Waals surface area contributed by atoms with Crippen LogP contribution in [0.15, 0.2) is 0 Å². The van der Waals surface area contributed by atoms with Crippen LogP contribution in [0.2, 0.25) is 0 Å². The first-order chi connectivity index (χ1) is 13.1. The number of carbonyl (C=O) groups is 2. The van der Waals surface area contributed by atoms with E-state index in [-0.39, 0.29) is 17.9 Å². The van der Waals surface area contributed by atoms with E-state index >= 15 is 0 Å². The Labute approximate surface area is 166 Å². The topological polar surface area (TPSA) is 76.7 Å². The van der Waals surface area contributed by atoms with E-state index in [1.54, 1.807) is 0 Å². The number of ether oxygens (including phenoxy) is 2. The molecule has 0 spiro atoms. The molecule has 0 saturated carbocycles. The van der Waals surface area contributed by atoms with Gasteiger partial charge < -0.3 is 20.1 Å². The van der Waals surface area contributed by atoms with Crippen LogP contribution in [-0.2, 0) is 19.1 Å². The molecule has 0 aromatic rings. The summed E-state index contributed by atoms with van der Waals surface area (Å²) in [6.07, 6.45) is 10.2. The summed E-state index contributed by atoms with van der Waals surface area (Å²) in [4.78, 5) is 23.2. The fraction of sp³-hybridized carbons (Fsp3) is 0.905. The Morgan fingerprint density at radius 1 is 0.741 bits per heavy atom. The maximum atomic E-state index is 11.7. The van der Waals surface area contributed by atoms with E-state index in [0.29, 0.717) is 45.8 Å². The standard InChI is InChI=1S/C21H42N2O4/c1-4-26-17-18-27-16-15-22-20(24)13-11-9-7-5-6-8-10-12-14-21(25)23-19(2)3/h19H,4-18H2,1-3H3,(H,22,24)(H,23,25). The van der Waals surface area contributed by atoms with E-state index in [4.69, 9.17) is 9.47 Å². The highest BCUT2D eigenvalue weighted by Gasteiger charge is 2.03. The highest BCUT2D eigenvalue weighted by molar-refractivity contribution is 5.76. The number of carbonyl (C=O) groups excluding carboxylic acids is 2. The van der Waals surface area contributed by atoms with Crippen molar-refractivity contribution in [3.63, 3.8) is 0 Å². The zero-order valence-electron chi connectivity index (χ0n) is 17.8. The van der Waals surface area contributed by atoms with Crippen molar-refractivity contribution in [2.24, 2.45) is 0 Å². The van der Waals surface area contributed by atoms with Crippen LogP contribution in [0.4, 0.5) is 0 Å². The molecule has 0 fully saturated rings. The monoisotopic (exact) mass is 386 g/mol. The average molecular weight is 387 g/mol. The number of unbranched alkanes of at least 4 members (excludes halogenated alkanes) is 7. The number of hydrogen-bond donors (Lipinski definition) is 2. The fourth-order valence-electron chi connectivity index (χ4n) is 2.74. The molecule has 0 unspecified atom stereocenters. The van der Waals surface area contributed by atoms with Crippen molar-refractivity contribution in [2.75, 3.05) is 33.0 Å². The van der Waals surface area contributed by atoms with E-state index in [2.05, 4.69) is 10.6 Å². The predicted molar refractivity (Wildman–Crippen MR) is 110 cm³/mol. The van der Waals surface area contributed by atoms with Crippen LogP contribution in [0.1, 0.15) is 85.0 Å². The molecular formula is C21H42N2O4. The van der Waals surface area contributed by atoms with Crippen LogP contribution < -0.4 is 10.6 Å². The van der Waals surface area contributed by atoms with Crippen molar-refractivity contribution in [3.05, 3.63) is 0 Å². The van der Waals surface area contributed by atoms with Gasteiger partial charge >= 0.3 is 0 Å². The average Bonchev–Trinajstić information content (AvgIpc) is 2.62. The minimum atomic E-state index is 0.114. The van der Waals surface area contributed by atoms with Gasteiger partial charge in [0.15, 0.2) is 0 Å². The summed E-state index contributed by atoms with van der Waals surface area (Å²) in [7, 11) is 0. The Kier molecular flexibility index (Phi) is 18.8. The fourth-order valence-corrected chi connectivity index (χ4v) is 2.74. The lowest BCUT2D eigenvalue weighted by atomic mass is 10.1. The molecule has 2 N–H and O–H groups in total. The van der Waals surface area contributed by atoms with Gasteiger partial charge in [-0.1, -0.05) is 38.5 Å². The third kappa shape index (κ3) is 21.0. The van der Waals surface area contributed by atoms with Gasteiger partial charge in [0.2, 0.25) is 11.8 Å². The summed E-state index contributed by atoms with van der Waals surface area (Å²) in [5, 5.41) is 5.80. The molecule has 0 rings (SSSR count). The van der Waals surface area contributed by atoms with E-state index in [1.165, 1.54) is 25.7 Å². The van der Waals surface area contributed by atoms with Crippen molar-refractivity contribution in [2.45, 2.75) is 91.0 Å². The lowest BCUT2D eigenvalue weighted by molar-refractivity contribution is -0.122. The quantitative estimate of drug-likeness (QED) is 0.333. The van der Waals surface area contributed by atoms with E-state index in [1.807, 2.05) is 20.8 Å². The summed E-state index contributed by atoms with van der Waals surface area (Å²) < 4.78 is 10.5. The number of amides is 2. The maximum Gasteiger partial charge on any atom is 0.220 e. The smallest absolute Gasteiger partial charge is 0.220 e. The summed E-state index contributed by atoms with van der Waals surface area (Å²) in [6, 6.07) is 0.235. The SMILES string of the molecule is CCOCCOCCNC(=O)CCCCCCCCCCC(=O)NC(C)C. The highest BCUT2D eigenvalue weighted by atomic mass is 16.5. The molecule has 0 aromatic heterocycles. The predicted octanol–water partition coefficient (Wildman–Crippen LogP) is 3.58. The molecule has 0 heterocycles. The van der Waals surface area contributed by atoms with Crippen molar-refractivity contribution in [3.8, 4) is 0 Å². The van der Waals surface area contributed by atoms with Crippen LogP contribution in [0, 0.1) is 0 Å². The number of rotatable bonds is 19. The first-order valence-electron chi connectivity index (χ1n) is 10.8. The molecule has 0 saturated heterocycles. The number of nitrogens with one attached hydrogen (secondary N) is 2. The van der Waals surface area contributed by atoms with Crippen LogP contribution in [0.3, 0.4) is 0 Å². The number of hydrogen-bond acceptors (Lipinski definition) is 4. The Morgan fingerprint density at radius 2 is 1.26 bits per heavy atom. The summed E-state index contributed by atoms with van der Waals surface area (Å²) in [6.45, 7) is 8.93. The molecule has 6 heteroatoms. The minimum Gasteiger partial charge on any atom is -0.379 e. The minimum absolute atomic E-state index is 0.114. The van der Waals surface area contributed by atoms with Crippen molar-refractivity contribution >= 4 is 11.8 Å². The van der Waals surface area contributed by atoms with Crippen LogP contribution in [-0.4, -0.2) is 50.8 Å². The van der Waals surface area contributed by atoms with Gasteiger partial charge in [0, 0.05) is 32.0 Å². The van der Waals surface area contributed by atoms with Crippen LogP contribution >= 0.6 is 0 Å². The van der Waals surface area contributed by atoms with Gasteiger partial charge in [-0.3, -0.25) is 9.59 Å². The van der Waals surface area contributed by atoms with Gasteiger partial charge in [-0.25, -0.2) is 0 Å². The third-order valence-electron chi connectivity index (χ3n) is 4.15. The van der Waals surface area contributed by atoms with Gasteiger partial charge in [-0.2, -0.15) is 0 Å². The Bertz CT molecular complexity index is 362. The first-order valence-corrected chi connectivity index (χ1v) is 10.8. The van der Waals surface area contributed by atoms with Gasteiger partial charge in [0.25, 0.3) is 0 Å². The lowest BCUT2D eigenvalue weighted by Gasteiger charge is -2.08. The second-order valence-corrected chi connectivity index (χ2v) is 7.21. The largest absolute Gasteiger partial charge is 0.379 e. The first kappa shape index (κ1) is 25.9. The van der Waals surface area contributed by atoms with Gasteiger partial charge in [-0.15, -0.1) is 0 Å². The van der Waals surface area contributed by atoms with Crippen LogP contribution in [0.5, 0.6) is 0 Å². The molecule has 0 aliphatic heterocycles. The molecule has 0 bridgehead atoms. The van der Waals surface area contributed by atoms with Crippen LogP contribution in [0.25, 0.3) is 0 Å². The normalized spacial score (nSPS) is 11.0. The molecule has 160 valence electrons. The maximum absolute atomic E-state index is 11.7. The third-order valence-corrected chi connectivity index (χ3v) is 4.15. The molecule has 0 atom stereocenters. The summed E-state index contributed by atoms with van der Waals surface area (Å²) in [5.41, 5.74) is 0. The Morgan fingerprint density at radius 3 is 1.81 bits per heavy atom. The van der Waals surface area contributed by atoms with E-state index in [9.17, 15) is 9.59 Å². The summed E-state index contributed by atoms with van der Waals surface area (Å²) in [5.74, 6) is 0.281. The molecule has 0 radical (unpaired) electrons. The van der Waals surface area contributed by atoms with Gasteiger partial charge in [0.1, 0.15) is 0 Å². The zero-order valence-corrected chi connectivity index (χ0v) is 17.8. The highest BCUT2D eigenvalue weighted by Crippen LogP contribution is 2.10. The molecule has 27 heavy (non-hydrogen) atoms. The van der Waals surface area contributed by atoms with E-state index in [0.717, 1.165) is 25.7 Å². The lowest BCUT2D eigenvalue weighted by Crippen LogP contribution is -2.29. The zero-order chi connectivity index (χ0) is 20.2. The van der Waals surface area contributed by atoms with Crippen molar-refractivity contribution in [1.82, 2.24) is 10.6 Å². The Hall–Kier alpha value is -1.14. The molecule has 2 amide bonds. The summed E-state index contributed by atoms with van der Waals surface area (Å²) >= 11 is 0. The molecule has 6 nitrogen and oxygen atoms in total. The molecule has 0 aromatic carbocycles.